The Kier molecular flexibility index (Phi) is 29.7. The molecule has 1 rings (SSSR count). The van der Waals surface area contributed by atoms with E-state index < -0.39 is 89.1 Å². The molecule has 21 heteroatoms. The fraction of sp³-hybridized carbons (Fsp3) is 0.422. The maximum atomic E-state index is 12.9. The molecular formula is C45H41N5O15P-3. The number of hydrogen-bond acceptors (Lipinski definition) is 18. The Balaban J connectivity index is 2.94. The number of nitrogens with zero attached hydrogens (tertiary/aromatic N) is 4. The van der Waals surface area contributed by atoms with Crippen LogP contribution in [0.25, 0.3) is 0 Å². The minimum absolute atomic E-state index is 0.108. The molecular weight excluding hydrogens is 881 g/mol. The van der Waals surface area contributed by atoms with Crippen molar-refractivity contribution in [1.29, 1.82) is 0 Å². The van der Waals surface area contributed by atoms with Crippen LogP contribution in [0.15, 0.2) is 0 Å². The molecule has 1 aliphatic heterocycles. The first-order valence-corrected chi connectivity index (χ1v) is 20.7. The Hall–Kier alpha value is -7.63. The summed E-state index contributed by atoms with van der Waals surface area (Å²) < 4.78 is 32.6. The van der Waals surface area contributed by atoms with E-state index in [4.69, 9.17) is 18.5 Å². The highest BCUT2D eigenvalue weighted by Crippen LogP contribution is 2.43. The molecule has 1 saturated heterocycles. The number of phosphoric ester groups is 1. The van der Waals surface area contributed by atoms with Crippen molar-refractivity contribution in [2.75, 3.05) is 105 Å². The monoisotopic (exact) mass is 922 g/mol. The first kappa shape index (κ1) is 56.4. The molecule has 2 unspecified atom stereocenters. The van der Waals surface area contributed by atoms with Gasteiger partial charge in [-0.3, -0.25) is 33.4 Å². The van der Waals surface area contributed by atoms with Gasteiger partial charge >= 0.3 is 19.8 Å². The first-order valence-electron chi connectivity index (χ1n) is 19.2. The van der Waals surface area contributed by atoms with Gasteiger partial charge < -0.3 is 49.4 Å². The van der Waals surface area contributed by atoms with Crippen molar-refractivity contribution in [3.05, 3.63) is 0 Å². The molecule has 1 aliphatic rings. The van der Waals surface area contributed by atoms with Crippen molar-refractivity contribution in [3.63, 3.8) is 0 Å². The van der Waals surface area contributed by atoms with Crippen molar-refractivity contribution in [2.24, 2.45) is 0 Å². The van der Waals surface area contributed by atoms with Crippen molar-refractivity contribution in [3.8, 4) is 118 Å². The Morgan fingerprint density at radius 1 is 0.545 bits per heavy atom. The van der Waals surface area contributed by atoms with Crippen molar-refractivity contribution < 1.29 is 72.1 Å². The standard InChI is InChI=1S/C45H44N5O15P/c1-3-5-7-9-11-13-15-17-19-21-44(58)62-37-39(65-45(59)22-20-18-16-14-12-10-8-6-4-2)38-64-66(60,61)63-32-23-46-40(51)33-47-24-26-48(34-41(52)53)28-30-50(36-43(56)57)31-29-49(27-25-47)35-42(54)55/h39H,23-38H2,1-2H3,(H,46,51)(H,52,53)(H,54,55)(H,56,57)(H,60,61)/p-3. The second-order valence-corrected chi connectivity index (χ2v) is 14.0. The number of hydrogen-bond donors (Lipinski definition) is 2. The normalized spacial score (nSPS) is 13.9. The molecule has 2 atom stereocenters. The van der Waals surface area contributed by atoms with Gasteiger partial charge in [0.25, 0.3) is 0 Å². The van der Waals surface area contributed by atoms with Crippen LogP contribution in [-0.4, -0.2) is 171 Å². The third kappa shape index (κ3) is 32.1. The van der Waals surface area contributed by atoms with Gasteiger partial charge in [0.1, 0.15) is 6.61 Å². The number of carboxylic acid groups (broad SMARTS) is 3. The van der Waals surface area contributed by atoms with Crippen LogP contribution in [0.1, 0.15) is 13.8 Å². The number of ether oxygens (including phenoxy) is 2. The molecule has 20 nitrogen and oxygen atoms in total. The highest BCUT2D eigenvalue weighted by Gasteiger charge is 2.26. The lowest BCUT2D eigenvalue weighted by atomic mass is 10.3. The van der Waals surface area contributed by atoms with Gasteiger partial charge in [0.05, 0.1) is 37.7 Å². The van der Waals surface area contributed by atoms with Crippen LogP contribution in [0.4, 0.5) is 0 Å². The lowest BCUT2D eigenvalue weighted by Crippen LogP contribution is -2.52. The summed E-state index contributed by atoms with van der Waals surface area (Å²) in [5, 5.41) is 36.6. The Labute approximate surface area is 383 Å². The van der Waals surface area contributed by atoms with Crippen LogP contribution in [0.3, 0.4) is 0 Å². The number of carbonyl (C=O) groups excluding carboxylic acids is 6. The number of carbonyl (C=O) groups is 6. The van der Waals surface area contributed by atoms with Crippen LogP contribution < -0.4 is 20.6 Å². The lowest BCUT2D eigenvalue weighted by Gasteiger charge is -2.34. The van der Waals surface area contributed by atoms with Gasteiger partial charge in [0.2, 0.25) is 5.91 Å². The van der Waals surface area contributed by atoms with E-state index in [1.165, 1.54) is 14.7 Å². The SMILES string of the molecule is CC#CC#CC#CC#CC#CC(=O)OCC(COP(=O)(O)OCCNC(=O)CN1CCN(CC(=O)[O-])CCN(CC(=O)[O-])CCN(CC(=O)[O-])CC1)OC(=O)C#CC#CC#CC#CC#CC. The molecule has 1 heterocycles. The van der Waals surface area contributed by atoms with Crippen LogP contribution in [0, 0.1) is 118 Å². The summed E-state index contributed by atoms with van der Waals surface area (Å²) in [7, 11) is -4.91. The molecule has 0 bridgehead atoms. The Bertz CT molecular complexity index is 2430. The van der Waals surface area contributed by atoms with Crippen LogP contribution in [-0.2, 0) is 51.9 Å². The topological polar surface area (TPSA) is 271 Å². The number of phosphoric acid groups is 1. The molecule has 0 aromatic rings. The van der Waals surface area contributed by atoms with Crippen LogP contribution >= 0.6 is 7.82 Å². The zero-order valence-corrected chi connectivity index (χ0v) is 36.7. The minimum Gasteiger partial charge on any atom is -0.549 e. The Morgan fingerprint density at radius 2 is 0.909 bits per heavy atom. The summed E-state index contributed by atoms with van der Waals surface area (Å²) in [4.78, 5) is 88.0. The highest BCUT2D eigenvalue weighted by atomic mass is 31.2. The molecule has 0 saturated carbocycles. The van der Waals surface area contributed by atoms with E-state index in [-0.39, 0.29) is 65.4 Å². The van der Waals surface area contributed by atoms with Gasteiger partial charge in [-0.1, -0.05) is 11.8 Å². The van der Waals surface area contributed by atoms with E-state index in [9.17, 15) is 53.5 Å². The van der Waals surface area contributed by atoms with E-state index in [1.807, 2.05) is 11.8 Å². The van der Waals surface area contributed by atoms with E-state index >= 15 is 0 Å². The quantitative estimate of drug-likeness (QED) is 0.0425. The predicted molar refractivity (Wildman–Crippen MR) is 225 cm³/mol. The molecule has 0 spiro atoms. The number of carboxylic acids is 3. The average Bonchev–Trinajstić information content (AvgIpc) is 3.25. The van der Waals surface area contributed by atoms with Gasteiger partial charge in [-0.25, -0.2) is 14.2 Å². The molecule has 0 aliphatic carbocycles. The number of rotatable bonds is 18. The van der Waals surface area contributed by atoms with Gasteiger partial charge in [0, 0.05) is 90.4 Å². The second-order valence-electron chi connectivity index (χ2n) is 12.5. The molecule has 344 valence electrons. The predicted octanol–water partition coefficient (Wildman–Crippen LogP) is -6.76. The Morgan fingerprint density at radius 3 is 1.30 bits per heavy atom. The highest BCUT2D eigenvalue weighted by molar-refractivity contribution is 7.47. The van der Waals surface area contributed by atoms with Gasteiger partial charge in [0.15, 0.2) is 6.10 Å². The third-order valence-corrected chi connectivity index (χ3v) is 8.57. The number of esters is 2. The van der Waals surface area contributed by atoms with Gasteiger partial charge in [-0.15, -0.1) is 0 Å². The van der Waals surface area contributed by atoms with Crippen molar-refractivity contribution in [2.45, 2.75) is 20.0 Å². The summed E-state index contributed by atoms with van der Waals surface area (Å²) >= 11 is 0. The van der Waals surface area contributed by atoms with E-state index in [0.717, 1.165) is 0 Å². The maximum Gasteiger partial charge on any atom is 0.472 e. The van der Waals surface area contributed by atoms with Crippen LogP contribution in [0.2, 0.25) is 0 Å². The van der Waals surface area contributed by atoms with Gasteiger partial charge in [-0.05, 0) is 109 Å². The van der Waals surface area contributed by atoms with Crippen molar-refractivity contribution in [1.82, 2.24) is 24.9 Å². The summed E-state index contributed by atoms with van der Waals surface area (Å²) in [5.74, 6) is 40.0. The number of aliphatic carboxylic acids is 3. The number of nitrogens with one attached hydrogen (secondary N) is 1. The molecule has 66 heavy (non-hydrogen) atoms. The minimum atomic E-state index is -4.91. The second kappa shape index (κ2) is 34.8. The molecule has 1 fully saturated rings. The first-order chi connectivity index (χ1) is 31.6. The smallest absolute Gasteiger partial charge is 0.472 e. The van der Waals surface area contributed by atoms with Crippen LogP contribution in [0.5, 0.6) is 0 Å². The fourth-order valence-corrected chi connectivity index (χ4v) is 5.50. The average molecular weight is 923 g/mol. The zero-order valence-electron chi connectivity index (χ0n) is 35.8. The molecule has 1 amide bonds. The lowest BCUT2D eigenvalue weighted by molar-refractivity contribution is -0.308. The number of amides is 1. The summed E-state index contributed by atoms with van der Waals surface area (Å²) in [6.45, 7) is -0.0584. The summed E-state index contributed by atoms with van der Waals surface area (Å²) in [6, 6.07) is 0. The summed E-state index contributed by atoms with van der Waals surface area (Å²) in [6.07, 6.45) is -1.53. The molecule has 0 aromatic carbocycles. The van der Waals surface area contributed by atoms with E-state index in [2.05, 4.69) is 112 Å². The van der Waals surface area contributed by atoms with E-state index in [0.29, 0.717) is 0 Å². The van der Waals surface area contributed by atoms with Crippen molar-refractivity contribution >= 4 is 43.6 Å². The fourth-order valence-electron chi connectivity index (χ4n) is 4.75. The molecule has 0 radical (unpaired) electrons. The largest absolute Gasteiger partial charge is 0.549 e. The maximum absolute atomic E-state index is 12.9. The third-order valence-electron chi connectivity index (χ3n) is 7.59. The van der Waals surface area contributed by atoms with Gasteiger partial charge in [-0.2, -0.15) is 0 Å². The zero-order chi connectivity index (χ0) is 48.8. The van der Waals surface area contributed by atoms with E-state index in [1.54, 1.807) is 18.7 Å². The summed E-state index contributed by atoms with van der Waals surface area (Å²) in [5.41, 5.74) is 0. The molecule has 2 N–H and O–H groups in total. The molecule has 0 aromatic heterocycles.